The molecule has 0 amide bonds. The standard InChI is InChI=1S/C16H21N3O/c1-5-17-15(16-18-9-12(3)10-19-16)13-8-11(2)6-7-14(13)20-4/h6-10,15,17H,5H2,1-4H3. The van der Waals surface area contributed by atoms with Gasteiger partial charge in [-0.2, -0.15) is 0 Å². The molecule has 1 unspecified atom stereocenters. The van der Waals surface area contributed by atoms with Gasteiger partial charge in [0.1, 0.15) is 11.6 Å². The summed E-state index contributed by atoms with van der Waals surface area (Å²) in [5.74, 6) is 1.62. The van der Waals surface area contributed by atoms with E-state index >= 15 is 0 Å². The van der Waals surface area contributed by atoms with E-state index in [-0.39, 0.29) is 6.04 Å². The third-order valence-electron chi connectivity index (χ3n) is 3.16. The van der Waals surface area contributed by atoms with E-state index in [9.17, 15) is 0 Å². The van der Waals surface area contributed by atoms with Crippen LogP contribution in [0.25, 0.3) is 0 Å². The van der Waals surface area contributed by atoms with Gasteiger partial charge in [-0.1, -0.05) is 24.6 Å². The van der Waals surface area contributed by atoms with E-state index in [0.29, 0.717) is 0 Å². The topological polar surface area (TPSA) is 47.0 Å². The molecule has 106 valence electrons. The number of hydrogen-bond acceptors (Lipinski definition) is 4. The van der Waals surface area contributed by atoms with Crippen LogP contribution in [-0.4, -0.2) is 23.6 Å². The summed E-state index contributed by atoms with van der Waals surface area (Å²) in [6.45, 7) is 6.96. The summed E-state index contributed by atoms with van der Waals surface area (Å²) in [5.41, 5.74) is 3.31. The number of hydrogen-bond donors (Lipinski definition) is 1. The van der Waals surface area contributed by atoms with Gasteiger partial charge >= 0.3 is 0 Å². The first kappa shape index (κ1) is 14.5. The minimum absolute atomic E-state index is 0.0598. The van der Waals surface area contributed by atoms with Gasteiger partial charge in [0.05, 0.1) is 13.2 Å². The van der Waals surface area contributed by atoms with Gasteiger partial charge in [-0.3, -0.25) is 0 Å². The third kappa shape index (κ3) is 3.14. The summed E-state index contributed by atoms with van der Waals surface area (Å²) < 4.78 is 5.48. The van der Waals surface area contributed by atoms with Crippen molar-refractivity contribution in [2.75, 3.05) is 13.7 Å². The van der Waals surface area contributed by atoms with Gasteiger partial charge in [-0.25, -0.2) is 9.97 Å². The number of aromatic nitrogens is 2. The zero-order valence-corrected chi connectivity index (χ0v) is 12.5. The molecule has 20 heavy (non-hydrogen) atoms. The molecular weight excluding hydrogens is 250 g/mol. The van der Waals surface area contributed by atoms with Gasteiger partial charge in [0.2, 0.25) is 0 Å². The van der Waals surface area contributed by atoms with Gasteiger partial charge in [-0.05, 0) is 32.0 Å². The number of benzene rings is 1. The fourth-order valence-corrected chi connectivity index (χ4v) is 2.18. The van der Waals surface area contributed by atoms with Crippen molar-refractivity contribution in [2.45, 2.75) is 26.8 Å². The molecule has 1 atom stereocenters. The van der Waals surface area contributed by atoms with Crippen molar-refractivity contribution >= 4 is 0 Å². The van der Waals surface area contributed by atoms with Crippen molar-refractivity contribution in [3.8, 4) is 5.75 Å². The Labute approximate surface area is 120 Å². The lowest BCUT2D eigenvalue weighted by molar-refractivity contribution is 0.403. The third-order valence-corrected chi connectivity index (χ3v) is 3.16. The average molecular weight is 271 g/mol. The molecule has 2 aromatic rings. The lowest BCUT2D eigenvalue weighted by Crippen LogP contribution is -2.24. The van der Waals surface area contributed by atoms with Crippen LogP contribution in [0.1, 0.15) is 35.5 Å². The molecule has 4 nitrogen and oxygen atoms in total. The van der Waals surface area contributed by atoms with Crippen LogP contribution in [0.3, 0.4) is 0 Å². The molecule has 0 radical (unpaired) electrons. The predicted octanol–water partition coefficient (Wildman–Crippen LogP) is 2.80. The number of ether oxygens (including phenoxy) is 1. The van der Waals surface area contributed by atoms with E-state index in [0.717, 1.165) is 29.2 Å². The molecule has 0 saturated carbocycles. The molecule has 4 heteroatoms. The number of nitrogens with one attached hydrogen (secondary N) is 1. The van der Waals surface area contributed by atoms with Crippen LogP contribution >= 0.6 is 0 Å². The van der Waals surface area contributed by atoms with E-state index in [1.54, 1.807) is 7.11 Å². The number of aryl methyl sites for hydroxylation is 2. The number of nitrogens with zero attached hydrogens (tertiary/aromatic N) is 2. The van der Waals surface area contributed by atoms with Crippen LogP contribution in [0.5, 0.6) is 5.75 Å². The quantitative estimate of drug-likeness (QED) is 0.908. The van der Waals surface area contributed by atoms with Gasteiger partial charge in [0, 0.05) is 18.0 Å². The zero-order valence-electron chi connectivity index (χ0n) is 12.5. The Kier molecular flexibility index (Phi) is 4.69. The Morgan fingerprint density at radius 2 is 1.85 bits per heavy atom. The lowest BCUT2D eigenvalue weighted by atomic mass is 10.0. The normalized spacial score (nSPS) is 12.2. The Bertz CT molecular complexity index is 566. The van der Waals surface area contributed by atoms with E-state index in [4.69, 9.17) is 4.74 Å². The first-order valence-corrected chi connectivity index (χ1v) is 6.82. The summed E-state index contributed by atoms with van der Waals surface area (Å²) in [6, 6.07) is 6.09. The fraction of sp³-hybridized carbons (Fsp3) is 0.375. The predicted molar refractivity (Wildman–Crippen MR) is 80.0 cm³/mol. The Morgan fingerprint density at radius 1 is 1.15 bits per heavy atom. The number of methoxy groups -OCH3 is 1. The molecule has 0 aliphatic rings. The minimum Gasteiger partial charge on any atom is -0.496 e. The van der Waals surface area contributed by atoms with Crippen molar-refractivity contribution in [1.82, 2.24) is 15.3 Å². The van der Waals surface area contributed by atoms with Crippen LogP contribution in [0.15, 0.2) is 30.6 Å². The minimum atomic E-state index is -0.0598. The second kappa shape index (κ2) is 6.48. The van der Waals surface area contributed by atoms with E-state index in [1.165, 1.54) is 5.56 Å². The monoisotopic (exact) mass is 271 g/mol. The maximum absolute atomic E-state index is 5.48. The number of rotatable bonds is 5. The van der Waals surface area contributed by atoms with Crippen LogP contribution < -0.4 is 10.1 Å². The van der Waals surface area contributed by atoms with Crippen molar-refractivity contribution in [3.05, 3.63) is 53.1 Å². The average Bonchev–Trinajstić information content (AvgIpc) is 2.46. The molecule has 0 aliphatic heterocycles. The molecule has 1 aromatic heterocycles. The molecule has 2 rings (SSSR count). The summed E-state index contributed by atoms with van der Waals surface area (Å²) in [4.78, 5) is 8.90. The first-order chi connectivity index (χ1) is 9.65. The highest BCUT2D eigenvalue weighted by molar-refractivity contribution is 5.41. The van der Waals surface area contributed by atoms with Gasteiger partial charge in [0.15, 0.2) is 0 Å². The van der Waals surface area contributed by atoms with Crippen LogP contribution in [0.4, 0.5) is 0 Å². The van der Waals surface area contributed by atoms with Crippen molar-refractivity contribution < 1.29 is 4.74 Å². The van der Waals surface area contributed by atoms with Crippen LogP contribution in [-0.2, 0) is 0 Å². The highest BCUT2D eigenvalue weighted by atomic mass is 16.5. The Morgan fingerprint density at radius 3 is 2.45 bits per heavy atom. The molecule has 1 heterocycles. The highest BCUT2D eigenvalue weighted by Crippen LogP contribution is 2.29. The summed E-state index contributed by atoms with van der Waals surface area (Å²) >= 11 is 0. The Balaban J connectivity index is 2.47. The molecule has 1 N–H and O–H groups in total. The van der Waals surface area contributed by atoms with Crippen LogP contribution in [0, 0.1) is 13.8 Å². The van der Waals surface area contributed by atoms with E-state index in [1.807, 2.05) is 31.5 Å². The van der Waals surface area contributed by atoms with E-state index < -0.39 is 0 Å². The zero-order chi connectivity index (χ0) is 14.5. The molecule has 0 bridgehead atoms. The maximum atomic E-state index is 5.48. The molecule has 0 saturated heterocycles. The molecular formula is C16H21N3O. The SMILES string of the molecule is CCNC(c1ncc(C)cn1)c1cc(C)ccc1OC. The van der Waals surface area contributed by atoms with Crippen molar-refractivity contribution in [3.63, 3.8) is 0 Å². The summed E-state index contributed by atoms with van der Waals surface area (Å²) in [7, 11) is 1.69. The summed E-state index contributed by atoms with van der Waals surface area (Å²) in [5, 5.41) is 3.43. The lowest BCUT2D eigenvalue weighted by Gasteiger charge is -2.20. The smallest absolute Gasteiger partial charge is 0.149 e. The van der Waals surface area contributed by atoms with E-state index in [2.05, 4.69) is 35.2 Å². The van der Waals surface area contributed by atoms with Gasteiger partial charge in [0.25, 0.3) is 0 Å². The highest BCUT2D eigenvalue weighted by Gasteiger charge is 2.20. The molecule has 1 aromatic carbocycles. The largest absolute Gasteiger partial charge is 0.496 e. The van der Waals surface area contributed by atoms with Crippen LogP contribution in [0.2, 0.25) is 0 Å². The molecule has 0 aliphatic carbocycles. The maximum Gasteiger partial charge on any atom is 0.149 e. The van der Waals surface area contributed by atoms with Gasteiger partial charge in [-0.15, -0.1) is 0 Å². The first-order valence-electron chi connectivity index (χ1n) is 6.82. The Hall–Kier alpha value is -1.94. The molecule has 0 spiro atoms. The van der Waals surface area contributed by atoms with Gasteiger partial charge < -0.3 is 10.1 Å². The second-order valence-corrected chi connectivity index (χ2v) is 4.85. The second-order valence-electron chi connectivity index (χ2n) is 4.85. The van der Waals surface area contributed by atoms with Crippen molar-refractivity contribution in [2.24, 2.45) is 0 Å². The summed E-state index contributed by atoms with van der Waals surface area (Å²) in [6.07, 6.45) is 3.68. The fourth-order valence-electron chi connectivity index (χ4n) is 2.18. The van der Waals surface area contributed by atoms with Crippen molar-refractivity contribution in [1.29, 1.82) is 0 Å². The molecule has 0 fully saturated rings.